The zero-order chi connectivity index (χ0) is 14.5. The van der Waals surface area contributed by atoms with Crippen LogP contribution in [0.3, 0.4) is 0 Å². The molecule has 0 heterocycles. The van der Waals surface area contributed by atoms with Gasteiger partial charge < -0.3 is 5.32 Å². The largest absolute Gasteiger partial charge is 0.416 e. The molecular weight excluding hydrogens is 251 g/mol. The number of rotatable bonds is 5. The lowest BCUT2D eigenvalue weighted by Gasteiger charge is -2.15. The van der Waals surface area contributed by atoms with Gasteiger partial charge in [-0.1, -0.05) is 30.7 Å². The third-order valence-corrected chi connectivity index (χ3v) is 2.74. The third kappa shape index (κ3) is 5.47. The van der Waals surface area contributed by atoms with E-state index < -0.39 is 11.7 Å². The van der Waals surface area contributed by atoms with Crippen LogP contribution in [0.2, 0.25) is 0 Å². The fraction of sp³-hybridized carbons (Fsp3) is 0.467. The van der Waals surface area contributed by atoms with Crippen LogP contribution in [0.5, 0.6) is 0 Å². The molecule has 0 saturated heterocycles. The first kappa shape index (κ1) is 15.8. The van der Waals surface area contributed by atoms with Crippen LogP contribution in [0.25, 0.3) is 0 Å². The lowest BCUT2D eigenvalue weighted by atomic mass is 10.0. The molecule has 0 bridgehead atoms. The molecular formula is C15H20F3N. The second-order valence-electron chi connectivity index (χ2n) is 4.81. The molecule has 0 spiro atoms. The molecule has 0 aliphatic heterocycles. The van der Waals surface area contributed by atoms with Gasteiger partial charge in [0.25, 0.3) is 0 Å². The van der Waals surface area contributed by atoms with E-state index in [1.165, 1.54) is 5.57 Å². The number of hydrogen-bond donors (Lipinski definition) is 1. The summed E-state index contributed by atoms with van der Waals surface area (Å²) in [5, 5.41) is 3.31. The van der Waals surface area contributed by atoms with Crippen LogP contribution in [-0.2, 0) is 12.6 Å². The Morgan fingerprint density at radius 1 is 1.21 bits per heavy atom. The Morgan fingerprint density at radius 3 is 2.21 bits per heavy atom. The van der Waals surface area contributed by atoms with Crippen LogP contribution in [0.4, 0.5) is 13.2 Å². The Hall–Kier alpha value is -1.29. The van der Waals surface area contributed by atoms with Gasteiger partial charge in [-0.15, -0.1) is 0 Å². The predicted octanol–water partition coefficient (Wildman–Crippen LogP) is 4.19. The first-order chi connectivity index (χ1) is 8.82. The zero-order valence-electron chi connectivity index (χ0n) is 11.5. The molecule has 1 atom stereocenters. The molecule has 0 aromatic heterocycles. The molecule has 19 heavy (non-hydrogen) atoms. The van der Waals surface area contributed by atoms with E-state index in [1.54, 1.807) is 12.1 Å². The minimum atomic E-state index is -4.26. The van der Waals surface area contributed by atoms with E-state index in [1.807, 2.05) is 20.8 Å². The molecule has 4 heteroatoms. The highest BCUT2D eigenvalue weighted by molar-refractivity contribution is 5.26. The van der Waals surface area contributed by atoms with Crippen LogP contribution in [-0.4, -0.2) is 12.6 Å². The molecule has 1 nitrogen and oxygen atoms in total. The molecule has 106 valence electrons. The van der Waals surface area contributed by atoms with Crippen LogP contribution in [0.15, 0.2) is 35.9 Å². The average molecular weight is 271 g/mol. The van der Waals surface area contributed by atoms with Crippen molar-refractivity contribution >= 4 is 0 Å². The molecule has 1 aromatic rings. The molecule has 0 aliphatic carbocycles. The average Bonchev–Trinajstić information content (AvgIpc) is 2.28. The van der Waals surface area contributed by atoms with E-state index in [-0.39, 0.29) is 6.04 Å². The summed E-state index contributed by atoms with van der Waals surface area (Å²) in [7, 11) is 0. The van der Waals surface area contributed by atoms with Gasteiger partial charge in [0.2, 0.25) is 0 Å². The Bertz CT molecular complexity index is 414. The second-order valence-corrected chi connectivity index (χ2v) is 4.81. The van der Waals surface area contributed by atoms with Gasteiger partial charge in [0.15, 0.2) is 0 Å². The van der Waals surface area contributed by atoms with Crippen LogP contribution < -0.4 is 5.32 Å². The highest BCUT2D eigenvalue weighted by atomic mass is 19.4. The van der Waals surface area contributed by atoms with E-state index >= 15 is 0 Å². The fourth-order valence-corrected chi connectivity index (χ4v) is 1.94. The van der Waals surface area contributed by atoms with Crippen molar-refractivity contribution < 1.29 is 13.2 Å². The van der Waals surface area contributed by atoms with E-state index in [0.29, 0.717) is 6.42 Å². The Balaban J connectivity index is 2.78. The molecule has 0 fully saturated rings. The number of likely N-dealkylation sites (N-methyl/N-ethyl adjacent to an activating group) is 1. The van der Waals surface area contributed by atoms with Crippen LogP contribution in [0.1, 0.15) is 31.9 Å². The van der Waals surface area contributed by atoms with Gasteiger partial charge in [-0.3, -0.25) is 0 Å². The minimum Gasteiger partial charge on any atom is -0.310 e. The first-order valence-corrected chi connectivity index (χ1v) is 6.37. The van der Waals surface area contributed by atoms with Gasteiger partial charge in [0, 0.05) is 6.04 Å². The van der Waals surface area contributed by atoms with Crippen molar-refractivity contribution in [2.24, 2.45) is 0 Å². The van der Waals surface area contributed by atoms with Crippen molar-refractivity contribution in [3.05, 3.63) is 47.0 Å². The van der Waals surface area contributed by atoms with Crippen LogP contribution in [0, 0.1) is 0 Å². The molecule has 1 rings (SSSR count). The second kappa shape index (κ2) is 6.75. The quantitative estimate of drug-likeness (QED) is 0.792. The summed E-state index contributed by atoms with van der Waals surface area (Å²) in [5.41, 5.74) is 1.49. The first-order valence-electron chi connectivity index (χ1n) is 6.37. The topological polar surface area (TPSA) is 12.0 Å². The highest BCUT2D eigenvalue weighted by Gasteiger charge is 2.29. The maximum absolute atomic E-state index is 12.5. The van der Waals surface area contributed by atoms with Crippen molar-refractivity contribution in [3.63, 3.8) is 0 Å². The Kier molecular flexibility index (Phi) is 5.60. The third-order valence-electron chi connectivity index (χ3n) is 2.74. The summed E-state index contributed by atoms with van der Waals surface area (Å²) in [5.74, 6) is 0. The van der Waals surface area contributed by atoms with Gasteiger partial charge in [-0.05, 0) is 44.5 Å². The van der Waals surface area contributed by atoms with Crippen molar-refractivity contribution in [1.29, 1.82) is 0 Å². The smallest absolute Gasteiger partial charge is 0.310 e. The summed E-state index contributed by atoms with van der Waals surface area (Å²) in [6, 6.07) is 5.53. The van der Waals surface area contributed by atoms with Gasteiger partial charge >= 0.3 is 6.18 Å². The summed E-state index contributed by atoms with van der Waals surface area (Å²) in [6.07, 6.45) is -1.47. The number of halogens is 3. The fourth-order valence-electron chi connectivity index (χ4n) is 1.94. The Morgan fingerprint density at radius 2 is 1.79 bits per heavy atom. The van der Waals surface area contributed by atoms with Gasteiger partial charge in [0.1, 0.15) is 0 Å². The number of hydrogen-bond acceptors (Lipinski definition) is 1. The summed E-state index contributed by atoms with van der Waals surface area (Å²) < 4.78 is 37.4. The number of benzene rings is 1. The molecule has 1 unspecified atom stereocenters. The molecule has 0 radical (unpaired) electrons. The monoisotopic (exact) mass is 271 g/mol. The summed E-state index contributed by atoms with van der Waals surface area (Å²) >= 11 is 0. The normalized spacial score (nSPS) is 13.2. The standard InChI is InChI=1S/C15H20F3N/c1-4-19-14(9-11(2)3)10-12-5-7-13(8-6-12)15(16,17)18/h5-9,14,19H,4,10H2,1-3H3. The highest BCUT2D eigenvalue weighted by Crippen LogP contribution is 2.29. The molecule has 0 saturated carbocycles. The number of alkyl halides is 3. The maximum atomic E-state index is 12.5. The molecule has 0 amide bonds. The number of nitrogens with one attached hydrogen (secondary N) is 1. The van der Waals surface area contributed by atoms with E-state index in [2.05, 4.69) is 11.4 Å². The Labute approximate surface area is 112 Å². The predicted molar refractivity (Wildman–Crippen MR) is 72.0 cm³/mol. The molecule has 1 N–H and O–H groups in total. The van der Waals surface area contributed by atoms with E-state index in [4.69, 9.17) is 0 Å². The zero-order valence-corrected chi connectivity index (χ0v) is 11.5. The van der Waals surface area contributed by atoms with Crippen molar-refractivity contribution in [2.45, 2.75) is 39.4 Å². The summed E-state index contributed by atoms with van der Waals surface area (Å²) in [6.45, 7) is 6.86. The number of allylic oxidation sites excluding steroid dienone is 1. The summed E-state index contributed by atoms with van der Waals surface area (Å²) in [4.78, 5) is 0. The van der Waals surface area contributed by atoms with E-state index in [0.717, 1.165) is 24.2 Å². The van der Waals surface area contributed by atoms with Gasteiger partial charge in [0.05, 0.1) is 5.56 Å². The van der Waals surface area contributed by atoms with Gasteiger partial charge in [-0.2, -0.15) is 13.2 Å². The van der Waals surface area contributed by atoms with Crippen molar-refractivity contribution in [3.8, 4) is 0 Å². The minimum absolute atomic E-state index is 0.159. The lowest BCUT2D eigenvalue weighted by Crippen LogP contribution is -2.29. The van der Waals surface area contributed by atoms with Crippen molar-refractivity contribution in [2.75, 3.05) is 6.54 Å². The molecule has 0 aliphatic rings. The molecule has 1 aromatic carbocycles. The maximum Gasteiger partial charge on any atom is 0.416 e. The van der Waals surface area contributed by atoms with E-state index in [9.17, 15) is 13.2 Å². The van der Waals surface area contributed by atoms with Crippen molar-refractivity contribution in [1.82, 2.24) is 5.32 Å². The lowest BCUT2D eigenvalue weighted by molar-refractivity contribution is -0.137. The SMILES string of the molecule is CCNC(C=C(C)C)Cc1ccc(C(F)(F)F)cc1. The van der Waals surface area contributed by atoms with Gasteiger partial charge in [-0.25, -0.2) is 0 Å². The van der Waals surface area contributed by atoms with Crippen LogP contribution >= 0.6 is 0 Å².